The van der Waals surface area contributed by atoms with Crippen molar-refractivity contribution in [3.8, 4) is 0 Å². The van der Waals surface area contributed by atoms with Crippen molar-refractivity contribution in [2.45, 2.75) is 25.8 Å². The number of thiophene rings is 1. The lowest BCUT2D eigenvalue weighted by atomic mass is 10.0. The molecular weight excluding hydrogens is 314 g/mol. The Morgan fingerprint density at radius 2 is 2.26 bits per heavy atom. The number of carbonyl (C=O) groups excluding carboxylic acids is 1. The fourth-order valence-corrected chi connectivity index (χ4v) is 3.32. The fourth-order valence-electron chi connectivity index (χ4n) is 2.60. The average Bonchev–Trinajstić information content (AvgIpc) is 3.23. The van der Waals surface area contributed by atoms with Crippen LogP contribution in [0.25, 0.3) is 0 Å². The minimum Gasteiger partial charge on any atom is -0.273 e. The van der Waals surface area contributed by atoms with Crippen LogP contribution in [0.4, 0.5) is 5.69 Å². The lowest BCUT2D eigenvalue weighted by Crippen LogP contribution is -2.26. The number of hydrazone groups is 1. The van der Waals surface area contributed by atoms with Gasteiger partial charge in [-0.1, -0.05) is 25.1 Å². The average molecular weight is 329 g/mol. The van der Waals surface area contributed by atoms with E-state index >= 15 is 0 Å². The van der Waals surface area contributed by atoms with E-state index in [4.69, 9.17) is 0 Å². The predicted molar refractivity (Wildman–Crippen MR) is 88.4 cm³/mol. The highest BCUT2D eigenvalue weighted by molar-refractivity contribution is 7.12. The monoisotopic (exact) mass is 329 g/mol. The first kappa shape index (κ1) is 15.4. The summed E-state index contributed by atoms with van der Waals surface area (Å²) in [6, 6.07) is 10.0. The van der Waals surface area contributed by atoms with Crippen LogP contribution < -0.4 is 0 Å². The second-order valence-corrected chi connectivity index (χ2v) is 6.14. The van der Waals surface area contributed by atoms with Gasteiger partial charge in [-0.3, -0.25) is 14.9 Å². The summed E-state index contributed by atoms with van der Waals surface area (Å²) in [5, 5.41) is 18.9. The molecule has 7 heteroatoms. The highest BCUT2D eigenvalue weighted by Crippen LogP contribution is 2.35. The van der Waals surface area contributed by atoms with Gasteiger partial charge in [0.25, 0.3) is 5.69 Å². The zero-order valence-corrected chi connectivity index (χ0v) is 13.3. The van der Waals surface area contributed by atoms with Crippen LogP contribution >= 0.6 is 11.3 Å². The number of nitro groups is 1. The Labute approximate surface area is 137 Å². The van der Waals surface area contributed by atoms with Crippen molar-refractivity contribution in [1.29, 1.82) is 0 Å². The summed E-state index contributed by atoms with van der Waals surface area (Å²) in [6.45, 7) is 1.78. The number of nitrogens with zero attached hydrogens (tertiary/aromatic N) is 3. The molecule has 2 heterocycles. The topological polar surface area (TPSA) is 75.8 Å². The van der Waals surface area contributed by atoms with Crippen LogP contribution in [-0.2, 0) is 4.79 Å². The van der Waals surface area contributed by atoms with E-state index in [-0.39, 0.29) is 17.6 Å². The number of amides is 1. The number of hydrogen-bond acceptors (Lipinski definition) is 5. The predicted octanol–water partition coefficient (Wildman–Crippen LogP) is 3.74. The number of benzene rings is 1. The van der Waals surface area contributed by atoms with E-state index in [9.17, 15) is 14.9 Å². The molecule has 0 saturated heterocycles. The minimum atomic E-state index is -0.425. The maximum Gasteiger partial charge on any atom is 0.269 e. The zero-order valence-electron chi connectivity index (χ0n) is 12.5. The standard InChI is InChI=1S/C16H15N3O3S/c1-2-16(20)18-14(10-13(17-18)15-7-4-8-23-15)11-5-3-6-12(9-11)19(21)22/h3-9,14H,2,10H2,1H3. The van der Waals surface area contributed by atoms with Crippen LogP contribution in [0.3, 0.4) is 0 Å². The van der Waals surface area contributed by atoms with Crippen LogP contribution in [0, 0.1) is 10.1 Å². The maximum atomic E-state index is 12.2. The molecule has 0 bridgehead atoms. The van der Waals surface area contributed by atoms with E-state index in [0.29, 0.717) is 12.8 Å². The Morgan fingerprint density at radius 3 is 2.91 bits per heavy atom. The van der Waals surface area contributed by atoms with E-state index in [1.165, 1.54) is 17.1 Å². The third-order valence-corrected chi connectivity index (χ3v) is 4.66. The van der Waals surface area contributed by atoms with E-state index < -0.39 is 4.92 Å². The molecule has 3 rings (SSSR count). The summed E-state index contributed by atoms with van der Waals surface area (Å²) in [5.41, 5.74) is 1.60. The first-order chi connectivity index (χ1) is 11.1. The quantitative estimate of drug-likeness (QED) is 0.633. The number of carbonyl (C=O) groups is 1. The molecule has 1 atom stereocenters. The van der Waals surface area contributed by atoms with Gasteiger partial charge >= 0.3 is 0 Å². The van der Waals surface area contributed by atoms with Crippen LogP contribution in [0.2, 0.25) is 0 Å². The van der Waals surface area contributed by atoms with E-state index in [0.717, 1.165) is 16.2 Å². The van der Waals surface area contributed by atoms with Crippen LogP contribution in [0.1, 0.15) is 36.2 Å². The molecule has 118 valence electrons. The van der Waals surface area contributed by atoms with Gasteiger partial charge in [0, 0.05) is 25.0 Å². The van der Waals surface area contributed by atoms with Gasteiger partial charge in [-0.15, -0.1) is 11.3 Å². The molecule has 1 aromatic carbocycles. The van der Waals surface area contributed by atoms with Gasteiger partial charge in [0.15, 0.2) is 0 Å². The van der Waals surface area contributed by atoms with Crippen molar-refractivity contribution in [2.24, 2.45) is 5.10 Å². The number of hydrogen-bond donors (Lipinski definition) is 0. The number of nitro benzene ring substituents is 1. The first-order valence-electron chi connectivity index (χ1n) is 7.28. The second kappa shape index (κ2) is 6.29. The van der Waals surface area contributed by atoms with E-state index in [1.54, 1.807) is 30.4 Å². The molecule has 0 fully saturated rings. The van der Waals surface area contributed by atoms with Crippen molar-refractivity contribution in [2.75, 3.05) is 0 Å². The van der Waals surface area contributed by atoms with Gasteiger partial charge in [0.2, 0.25) is 5.91 Å². The van der Waals surface area contributed by atoms with Gasteiger partial charge in [0.1, 0.15) is 0 Å². The number of rotatable bonds is 4. The molecule has 0 saturated carbocycles. The summed E-state index contributed by atoms with van der Waals surface area (Å²) in [7, 11) is 0. The molecule has 0 N–H and O–H groups in total. The fraction of sp³-hybridized carbons (Fsp3) is 0.250. The molecule has 1 unspecified atom stereocenters. The molecular formula is C16H15N3O3S. The molecule has 23 heavy (non-hydrogen) atoms. The largest absolute Gasteiger partial charge is 0.273 e. The molecule has 1 amide bonds. The zero-order chi connectivity index (χ0) is 16.4. The molecule has 2 aromatic rings. The van der Waals surface area contributed by atoms with Crippen LogP contribution in [0.15, 0.2) is 46.9 Å². The van der Waals surface area contributed by atoms with Crippen LogP contribution in [-0.4, -0.2) is 21.6 Å². The Balaban J connectivity index is 1.96. The van der Waals surface area contributed by atoms with Crippen molar-refractivity contribution in [3.05, 3.63) is 62.3 Å². The highest BCUT2D eigenvalue weighted by Gasteiger charge is 2.33. The molecule has 0 spiro atoms. The third kappa shape index (κ3) is 3.00. The molecule has 0 aliphatic carbocycles. The van der Waals surface area contributed by atoms with E-state index in [1.807, 2.05) is 17.5 Å². The van der Waals surface area contributed by atoms with E-state index in [2.05, 4.69) is 5.10 Å². The summed E-state index contributed by atoms with van der Waals surface area (Å²) in [6.07, 6.45) is 0.903. The van der Waals surface area contributed by atoms with Crippen molar-refractivity contribution in [1.82, 2.24) is 5.01 Å². The molecule has 1 aromatic heterocycles. The van der Waals surface area contributed by atoms with Gasteiger partial charge in [0.05, 0.1) is 21.6 Å². The highest BCUT2D eigenvalue weighted by atomic mass is 32.1. The number of non-ortho nitro benzene ring substituents is 1. The molecule has 1 aliphatic heterocycles. The summed E-state index contributed by atoms with van der Waals surface area (Å²) in [5.74, 6) is -0.0898. The Bertz CT molecular complexity index is 771. The lowest BCUT2D eigenvalue weighted by Gasteiger charge is -2.21. The maximum absolute atomic E-state index is 12.2. The second-order valence-electron chi connectivity index (χ2n) is 5.19. The van der Waals surface area contributed by atoms with Gasteiger partial charge in [-0.25, -0.2) is 5.01 Å². The molecule has 1 aliphatic rings. The van der Waals surface area contributed by atoms with Gasteiger partial charge in [-0.05, 0) is 17.0 Å². The summed E-state index contributed by atoms with van der Waals surface area (Å²) < 4.78 is 0. The Morgan fingerprint density at radius 1 is 1.43 bits per heavy atom. The SMILES string of the molecule is CCC(=O)N1N=C(c2cccs2)CC1c1cccc([N+](=O)[O-])c1. The smallest absolute Gasteiger partial charge is 0.269 e. The Kier molecular flexibility index (Phi) is 4.20. The molecule has 0 radical (unpaired) electrons. The first-order valence-corrected chi connectivity index (χ1v) is 8.16. The van der Waals surface area contributed by atoms with Crippen molar-refractivity contribution >= 4 is 28.6 Å². The summed E-state index contributed by atoms with van der Waals surface area (Å²) in [4.78, 5) is 23.8. The van der Waals surface area contributed by atoms with Crippen molar-refractivity contribution < 1.29 is 9.72 Å². The normalized spacial score (nSPS) is 17.2. The lowest BCUT2D eigenvalue weighted by molar-refractivity contribution is -0.384. The van der Waals surface area contributed by atoms with Gasteiger partial charge < -0.3 is 0 Å². The van der Waals surface area contributed by atoms with Gasteiger partial charge in [-0.2, -0.15) is 5.10 Å². The van der Waals surface area contributed by atoms with Crippen molar-refractivity contribution in [3.63, 3.8) is 0 Å². The third-order valence-electron chi connectivity index (χ3n) is 3.74. The Hall–Kier alpha value is -2.54. The molecule has 6 nitrogen and oxygen atoms in total. The van der Waals surface area contributed by atoms with Crippen LogP contribution in [0.5, 0.6) is 0 Å². The summed E-state index contributed by atoms with van der Waals surface area (Å²) >= 11 is 1.57. The minimum absolute atomic E-state index is 0.0240.